The molecule has 2 N–H and O–H groups in total. The SMILES string of the molecule is CCN1CCN(c2cccc(Nc3ncc4cccc(-c5ccc(N(C)S(=O)O)cc5)c4n3)c2)CC1. The van der Waals surface area contributed by atoms with E-state index in [1.165, 1.54) is 9.99 Å². The maximum Gasteiger partial charge on any atom is 0.261 e. The number of aromatic nitrogens is 2. The highest BCUT2D eigenvalue weighted by atomic mass is 32.2. The minimum atomic E-state index is -2.06. The number of nitrogens with one attached hydrogen (secondary N) is 1. The van der Waals surface area contributed by atoms with E-state index in [-0.39, 0.29) is 0 Å². The van der Waals surface area contributed by atoms with Crippen LogP contribution in [0.25, 0.3) is 22.0 Å². The molecule has 8 nitrogen and oxygen atoms in total. The number of hydrogen-bond acceptors (Lipinski definition) is 6. The maximum atomic E-state index is 11.4. The Morgan fingerprint density at radius 1 is 1.03 bits per heavy atom. The van der Waals surface area contributed by atoms with Gasteiger partial charge in [0.2, 0.25) is 5.95 Å². The number of para-hydroxylation sites is 1. The van der Waals surface area contributed by atoms with Crippen molar-refractivity contribution in [2.45, 2.75) is 6.92 Å². The molecule has 9 heteroatoms. The van der Waals surface area contributed by atoms with Crippen molar-refractivity contribution in [2.75, 3.05) is 54.3 Å². The Balaban J connectivity index is 1.40. The smallest absolute Gasteiger partial charge is 0.261 e. The summed E-state index contributed by atoms with van der Waals surface area (Å²) >= 11 is -2.06. The third-order valence-corrected chi connectivity index (χ3v) is 7.35. The molecule has 5 rings (SSSR count). The van der Waals surface area contributed by atoms with Crippen LogP contribution in [0.15, 0.2) is 72.9 Å². The lowest BCUT2D eigenvalue weighted by molar-refractivity contribution is 0.271. The van der Waals surface area contributed by atoms with E-state index >= 15 is 0 Å². The van der Waals surface area contributed by atoms with Gasteiger partial charge in [-0.15, -0.1) is 0 Å². The lowest BCUT2D eigenvalue weighted by Crippen LogP contribution is -2.46. The highest BCUT2D eigenvalue weighted by Crippen LogP contribution is 2.30. The summed E-state index contributed by atoms with van der Waals surface area (Å²) in [5.74, 6) is 0.537. The second-order valence-corrected chi connectivity index (χ2v) is 9.82. The first kappa shape index (κ1) is 24.2. The van der Waals surface area contributed by atoms with Crippen LogP contribution in [0, 0.1) is 0 Å². The Morgan fingerprint density at radius 2 is 1.78 bits per heavy atom. The number of fused-ring (bicyclic) bond motifs is 1. The summed E-state index contributed by atoms with van der Waals surface area (Å²) < 4.78 is 22.0. The second-order valence-electron chi connectivity index (χ2n) is 8.81. The first-order valence-electron chi connectivity index (χ1n) is 12.1. The molecule has 1 unspecified atom stereocenters. The number of likely N-dealkylation sites (N-methyl/N-ethyl adjacent to an activating group) is 1. The van der Waals surface area contributed by atoms with Gasteiger partial charge in [-0.1, -0.05) is 43.3 Å². The number of piperazine rings is 1. The average molecular weight is 503 g/mol. The summed E-state index contributed by atoms with van der Waals surface area (Å²) in [6.45, 7) is 7.52. The van der Waals surface area contributed by atoms with Crippen LogP contribution in [0.3, 0.4) is 0 Å². The highest BCUT2D eigenvalue weighted by Gasteiger charge is 2.16. The summed E-state index contributed by atoms with van der Waals surface area (Å²) in [4.78, 5) is 14.3. The van der Waals surface area contributed by atoms with Crippen LogP contribution in [-0.2, 0) is 11.3 Å². The van der Waals surface area contributed by atoms with Gasteiger partial charge in [-0.3, -0.25) is 8.86 Å². The van der Waals surface area contributed by atoms with Crippen molar-refractivity contribution < 1.29 is 8.76 Å². The Labute approximate surface area is 214 Å². The van der Waals surface area contributed by atoms with Crippen molar-refractivity contribution in [2.24, 2.45) is 0 Å². The van der Waals surface area contributed by atoms with E-state index in [9.17, 15) is 8.76 Å². The van der Waals surface area contributed by atoms with E-state index < -0.39 is 11.3 Å². The lowest BCUT2D eigenvalue weighted by Gasteiger charge is -2.35. The minimum absolute atomic E-state index is 0.537. The van der Waals surface area contributed by atoms with Gasteiger partial charge in [-0.25, -0.2) is 14.2 Å². The van der Waals surface area contributed by atoms with Crippen LogP contribution in [0.1, 0.15) is 6.92 Å². The molecular formula is C27H30N6O2S. The number of nitrogens with zero attached hydrogens (tertiary/aromatic N) is 5. The number of rotatable bonds is 7. The van der Waals surface area contributed by atoms with Crippen molar-refractivity contribution in [3.63, 3.8) is 0 Å². The monoisotopic (exact) mass is 502 g/mol. The standard InChI is InChI=1S/C27H30N6O2S/c1-3-32-14-16-33(17-15-32)24-8-5-7-22(18-24)29-27-28-19-21-6-4-9-25(26(21)30-27)20-10-12-23(13-11-20)31(2)36(34)35/h4-13,18-19H,3,14-17H2,1-2H3,(H,34,35)(H,28,29,30). The molecule has 0 bridgehead atoms. The quantitative estimate of drug-likeness (QED) is 0.353. The summed E-state index contributed by atoms with van der Waals surface area (Å²) in [5.41, 5.74) is 5.60. The number of anilines is 4. The zero-order chi connectivity index (χ0) is 25.1. The minimum Gasteiger partial charge on any atom is -0.369 e. The Hall–Kier alpha value is -3.53. The van der Waals surface area contributed by atoms with Crippen LogP contribution in [0.4, 0.5) is 23.0 Å². The van der Waals surface area contributed by atoms with E-state index in [0.717, 1.165) is 60.4 Å². The zero-order valence-electron chi connectivity index (χ0n) is 20.5. The van der Waals surface area contributed by atoms with Crippen LogP contribution in [-0.4, -0.2) is 63.4 Å². The van der Waals surface area contributed by atoms with E-state index in [4.69, 9.17) is 4.98 Å². The van der Waals surface area contributed by atoms with Gasteiger partial charge in [0.1, 0.15) is 0 Å². The van der Waals surface area contributed by atoms with Gasteiger partial charge in [-0.2, -0.15) is 0 Å². The molecule has 4 aromatic rings. The fourth-order valence-corrected chi connectivity index (χ4v) is 4.82. The fraction of sp³-hybridized carbons (Fsp3) is 0.259. The molecular weight excluding hydrogens is 472 g/mol. The zero-order valence-corrected chi connectivity index (χ0v) is 21.3. The van der Waals surface area contributed by atoms with Gasteiger partial charge < -0.3 is 15.1 Å². The molecule has 0 aliphatic carbocycles. The molecule has 2 heterocycles. The normalized spacial score (nSPS) is 15.1. The fourth-order valence-electron chi connectivity index (χ4n) is 4.52. The summed E-state index contributed by atoms with van der Waals surface area (Å²) in [7, 11) is 1.58. The predicted octanol–water partition coefficient (Wildman–Crippen LogP) is 4.76. The summed E-state index contributed by atoms with van der Waals surface area (Å²) in [6, 6.07) is 21.9. The van der Waals surface area contributed by atoms with Gasteiger partial charge in [0.15, 0.2) is 0 Å². The van der Waals surface area contributed by atoms with Crippen LogP contribution in [0.5, 0.6) is 0 Å². The molecule has 1 aromatic heterocycles. The molecule has 0 radical (unpaired) electrons. The molecule has 1 fully saturated rings. The number of hydrogen-bond donors (Lipinski definition) is 2. The molecule has 1 aliphatic heterocycles. The number of benzene rings is 3. The first-order chi connectivity index (χ1) is 17.5. The van der Waals surface area contributed by atoms with Crippen molar-refractivity contribution in [1.82, 2.24) is 14.9 Å². The first-order valence-corrected chi connectivity index (χ1v) is 13.1. The van der Waals surface area contributed by atoms with Gasteiger partial charge >= 0.3 is 0 Å². The lowest BCUT2D eigenvalue weighted by atomic mass is 10.0. The Kier molecular flexibility index (Phi) is 7.13. The topological polar surface area (TPSA) is 84.8 Å². The van der Waals surface area contributed by atoms with E-state index in [0.29, 0.717) is 11.6 Å². The average Bonchev–Trinajstić information content (AvgIpc) is 2.92. The Bertz CT molecular complexity index is 1370. The van der Waals surface area contributed by atoms with Gasteiger partial charge in [0.05, 0.1) is 11.2 Å². The molecule has 3 aromatic carbocycles. The molecule has 0 spiro atoms. The van der Waals surface area contributed by atoms with Crippen molar-refractivity contribution in [3.05, 3.63) is 72.9 Å². The van der Waals surface area contributed by atoms with Crippen LogP contribution >= 0.6 is 0 Å². The maximum absolute atomic E-state index is 11.4. The molecule has 0 amide bonds. The molecule has 1 aliphatic rings. The van der Waals surface area contributed by atoms with E-state index in [1.54, 1.807) is 7.05 Å². The Morgan fingerprint density at radius 3 is 2.50 bits per heavy atom. The van der Waals surface area contributed by atoms with Crippen molar-refractivity contribution in [1.29, 1.82) is 0 Å². The molecule has 0 saturated carbocycles. The van der Waals surface area contributed by atoms with Crippen molar-refractivity contribution in [3.8, 4) is 11.1 Å². The van der Waals surface area contributed by atoms with Gasteiger partial charge in [0, 0.05) is 61.7 Å². The summed E-state index contributed by atoms with van der Waals surface area (Å²) in [6.07, 6.45) is 1.83. The largest absolute Gasteiger partial charge is 0.369 e. The van der Waals surface area contributed by atoms with E-state index in [1.807, 2.05) is 54.7 Å². The second kappa shape index (κ2) is 10.6. The molecule has 1 saturated heterocycles. The molecule has 186 valence electrons. The predicted molar refractivity (Wildman–Crippen MR) is 148 cm³/mol. The van der Waals surface area contributed by atoms with Crippen molar-refractivity contribution >= 4 is 45.2 Å². The summed E-state index contributed by atoms with van der Waals surface area (Å²) in [5, 5.41) is 4.33. The third-order valence-electron chi connectivity index (χ3n) is 6.67. The van der Waals surface area contributed by atoms with Crippen LogP contribution < -0.4 is 14.5 Å². The van der Waals surface area contributed by atoms with Gasteiger partial charge in [0.25, 0.3) is 11.3 Å². The third kappa shape index (κ3) is 5.18. The highest BCUT2D eigenvalue weighted by molar-refractivity contribution is 7.80. The molecule has 36 heavy (non-hydrogen) atoms. The van der Waals surface area contributed by atoms with Crippen LogP contribution in [0.2, 0.25) is 0 Å². The van der Waals surface area contributed by atoms with Gasteiger partial charge in [-0.05, 0) is 42.4 Å². The van der Waals surface area contributed by atoms with E-state index in [2.05, 4.69) is 45.2 Å². The molecule has 1 atom stereocenters.